The summed E-state index contributed by atoms with van der Waals surface area (Å²) in [5, 5.41) is 6.61. The summed E-state index contributed by atoms with van der Waals surface area (Å²) in [6, 6.07) is 14.5. The molecule has 4 nitrogen and oxygen atoms in total. The molecule has 3 aromatic rings. The maximum Gasteiger partial charge on any atom is 0.282 e. The zero-order valence-corrected chi connectivity index (χ0v) is 14.0. The van der Waals surface area contributed by atoms with Crippen LogP contribution in [0, 0.1) is 0 Å². The monoisotopic (exact) mass is 361 g/mol. The molecule has 128 valence electrons. The molecule has 1 aromatic heterocycles. The van der Waals surface area contributed by atoms with E-state index >= 15 is 0 Å². The number of benzene rings is 2. The van der Waals surface area contributed by atoms with Crippen molar-refractivity contribution in [2.75, 3.05) is 5.32 Å². The van der Waals surface area contributed by atoms with E-state index in [1.165, 1.54) is 17.9 Å². The first-order chi connectivity index (χ1) is 12.0. The summed E-state index contributed by atoms with van der Waals surface area (Å²) in [5.74, 6) is -0.686. The van der Waals surface area contributed by atoms with Gasteiger partial charge in [-0.05, 0) is 11.6 Å². The molecule has 0 bridgehead atoms. The molecule has 0 fully saturated rings. The van der Waals surface area contributed by atoms with Gasteiger partial charge in [0.05, 0.1) is 16.3 Å². The van der Waals surface area contributed by atoms with E-state index in [1.54, 1.807) is 18.2 Å². The number of rotatable bonds is 4. The van der Waals surface area contributed by atoms with E-state index in [9.17, 15) is 13.6 Å². The van der Waals surface area contributed by atoms with Crippen LogP contribution >= 0.6 is 11.6 Å². The first-order valence-electron chi connectivity index (χ1n) is 7.44. The average molecular weight is 362 g/mol. The van der Waals surface area contributed by atoms with E-state index in [0.29, 0.717) is 16.3 Å². The minimum atomic E-state index is -2.85. The highest BCUT2D eigenvalue weighted by atomic mass is 35.5. The fraction of sp³-hybridized carbons (Fsp3) is 0.111. The van der Waals surface area contributed by atoms with Crippen LogP contribution in [0.15, 0.2) is 54.7 Å². The van der Waals surface area contributed by atoms with Crippen LogP contribution in [0.2, 0.25) is 5.02 Å². The number of nitrogens with one attached hydrogen (secondary N) is 1. The molecule has 1 N–H and O–H groups in total. The Morgan fingerprint density at radius 1 is 1.16 bits per heavy atom. The van der Waals surface area contributed by atoms with Crippen LogP contribution in [-0.4, -0.2) is 15.7 Å². The number of halogens is 3. The standard InChI is InChI=1S/C18H14ClF2N3O/c1-24-10-13(16(23-24)17(20)21)18(25)22-15-12(8-5-9-14(15)19)11-6-3-2-4-7-11/h2-10,17H,1H3,(H,22,25). The maximum absolute atomic E-state index is 13.1. The maximum atomic E-state index is 13.1. The van der Waals surface area contributed by atoms with Gasteiger partial charge in [0, 0.05) is 18.8 Å². The fourth-order valence-electron chi connectivity index (χ4n) is 2.53. The number of aromatic nitrogens is 2. The molecule has 0 aliphatic heterocycles. The summed E-state index contributed by atoms with van der Waals surface area (Å²) in [6.45, 7) is 0. The highest BCUT2D eigenvalue weighted by molar-refractivity contribution is 6.34. The summed E-state index contributed by atoms with van der Waals surface area (Å²) in [5.41, 5.74) is 1.17. The Kier molecular flexibility index (Phi) is 4.81. The first kappa shape index (κ1) is 17.1. The van der Waals surface area contributed by atoms with E-state index in [4.69, 9.17) is 11.6 Å². The van der Waals surface area contributed by atoms with Gasteiger partial charge in [0.15, 0.2) is 0 Å². The number of carbonyl (C=O) groups is 1. The number of aryl methyl sites for hydroxylation is 1. The van der Waals surface area contributed by atoms with Gasteiger partial charge in [0.25, 0.3) is 12.3 Å². The summed E-state index contributed by atoms with van der Waals surface area (Å²) >= 11 is 6.23. The molecule has 0 saturated carbocycles. The van der Waals surface area contributed by atoms with Crippen molar-refractivity contribution in [3.8, 4) is 11.1 Å². The number of anilines is 1. The Hall–Kier alpha value is -2.73. The molecule has 1 amide bonds. The van der Waals surface area contributed by atoms with E-state index in [1.807, 2.05) is 30.3 Å². The number of nitrogens with zero attached hydrogens (tertiary/aromatic N) is 2. The van der Waals surface area contributed by atoms with E-state index in [2.05, 4.69) is 10.4 Å². The normalized spacial score (nSPS) is 10.9. The molecule has 0 atom stereocenters. The number of hydrogen-bond donors (Lipinski definition) is 1. The SMILES string of the molecule is Cn1cc(C(=O)Nc2c(Cl)cccc2-c2ccccc2)c(C(F)F)n1. The summed E-state index contributed by atoms with van der Waals surface area (Å²) in [7, 11) is 1.48. The predicted molar refractivity (Wildman–Crippen MR) is 93.0 cm³/mol. The minimum Gasteiger partial charge on any atom is -0.320 e. The van der Waals surface area contributed by atoms with Crippen molar-refractivity contribution < 1.29 is 13.6 Å². The van der Waals surface area contributed by atoms with Gasteiger partial charge < -0.3 is 5.32 Å². The lowest BCUT2D eigenvalue weighted by Gasteiger charge is -2.13. The molecule has 25 heavy (non-hydrogen) atoms. The lowest BCUT2D eigenvalue weighted by atomic mass is 10.0. The lowest BCUT2D eigenvalue weighted by Crippen LogP contribution is -2.14. The van der Waals surface area contributed by atoms with E-state index in [0.717, 1.165) is 5.56 Å². The van der Waals surface area contributed by atoms with Crippen LogP contribution in [0.1, 0.15) is 22.5 Å². The molecule has 1 heterocycles. The smallest absolute Gasteiger partial charge is 0.282 e. The molecule has 0 radical (unpaired) electrons. The molecule has 0 aliphatic rings. The van der Waals surface area contributed by atoms with Crippen molar-refractivity contribution in [1.29, 1.82) is 0 Å². The molecule has 0 saturated heterocycles. The quantitative estimate of drug-likeness (QED) is 0.716. The van der Waals surface area contributed by atoms with Crippen molar-refractivity contribution in [3.05, 3.63) is 71.0 Å². The Bertz CT molecular complexity index is 910. The van der Waals surface area contributed by atoms with Gasteiger partial charge in [-0.3, -0.25) is 9.48 Å². The van der Waals surface area contributed by atoms with Crippen molar-refractivity contribution in [2.24, 2.45) is 7.05 Å². The predicted octanol–water partition coefficient (Wildman–Crippen LogP) is 4.93. The average Bonchev–Trinajstić information content (AvgIpc) is 3.00. The second-order valence-corrected chi connectivity index (χ2v) is 5.79. The van der Waals surface area contributed by atoms with Crippen LogP contribution in [0.4, 0.5) is 14.5 Å². The summed E-state index contributed by atoms with van der Waals surface area (Å²) < 4.78 is 27.3. The number of alkyl halides is 2. The Morgan fingerprint density at radius 3 is 2.56 bits per heavy atom. The Labute approximate surface area is 148 Å². The summed E-state index contributed by atoms with van der Waals surface area (Å²) in [4.78, 5) is 12.5. The minimum absolute atomic E-state index is 0.184. The molecule has 3 rings (SSSR count). The molecule has 0 spiro atoms. The molecule has 0 unspecified atom stereocenters. The van der Waals surface area contributed by atoms with Crippen molar-refractivity contribution in [1.82, 2.24) is 9.78 Å². The third-order valence-corrected chi connectivity index (χ3v) is 3.96. The number of carbonyl (C=O) groups excluding carboxylic acids is 1. The van der Waals surface area contributed by atoms with Gasteiger partial charge in [-0.25, -0.2) is 8.78 Å². The molecule has 7 heteroatoms. The second-order valence-electron chi connectivity index (χ2n) is 5.38. The lowest BCUT2D eigenvalue weighted by molar-refractivity contribution is 0.101. The van der Waals surface area contributed by atoms with Crippen LogP contribution < -0.4 is 5.32 Å². The van der Waals surface area contributed by atoms with Crippen LogP contribution in [-0.2, 0) is 7.05 Å². The highest BCUT2D eigenvalue weighted by Crippen LogP contribution is 2.34. The van der Waals surface area contributed by atoms with Gasteiger partial charge in [-0.15, -0.1) is 0 Å². The third kappa shape index (κ3) is 3.53. The summed E-state index contributed by atoms with van der Waals surface area (Å²) in [6.07, 6.45) is -1.59. The van der Waals surface area contributed by atoms with Gasteiger partial charge in [-0.1, -0.05) is 54.1 Å². The van der Waals surface area contributed by atoms with Crippen LogP contribution in [0.3, 0.4) is 0 Å². The van der Waals surface area contributed by atoms with Gasteiger partial charge in [0.2, 0.25) is 0 Å². The number of hydrogen-bond acceptors (Lipinski definition) is 2. The van der Waals surface area contributed by atoms with E-state index < -0.39 is 18.0 Å². The zero-order chi connectivity index (χ0) is 18.0. The molecular weight excluding hydrogens is 348 g/mol. The first-order valence-corrected chi connectivity index (χ1v) is 7.82. The third-order valence-electron chi connectivity index (χ3n) is 3.65. The van der Waals surface area contributed by atoms with Crippen molar-refractivity contribution in [3.63, 3.8) is 0 Å². The fourth-order valence-corrected chi connectivity index (χ4v) is 2.75. The van der Waals surface area contributed by atoms with Crippen LogP contribution in [0.25, 0.3) is 11.1 Å². The largest absolute Gasteiger partial charge is 0.320 e. The van der Waals surface area contributed by atoms with E-state index in [-0.39, 0.29) is 5.56 Å². The molecule has 2 aromatic carbocycles. The van der Waals surface area contributed by atoms with Gasteiger partial charge >= 0.3 is 0 Å². The highest BCUT2D eigenvalue weighted by Gasteiger charge is 2.24. The molecule has 0 aliphatic carbocycles. The van der Waals surface area contributed by atoms with Crippen molar-refractivity contribution >= 4 is 23.2 Å². The zero-order valence-electron chi connectivity index (χ0n) is 13.2. The Morgan fingerprint density at radius 2 is 1.88 bits per heavy atom. The second kappa shape index (κ2) is 7.03. The van der Waals surface area contributed by atoms with Gasteiger partial charge in [-0.2, -0.15) is 5.10 Å². The number of amides is 1. The van der Waals surface area contributed by atoms with Crippen molar-refractivity contribution in [2.45, 2.75) is 6.43 Å². The van der Waals surface area contributed by atoms with Crippen LogP contribution in [0.5, 0.6) is 0 Å². The number of para-hydroxylation sites is 1. The topological polar surface area (TPSA) is 46.9 Å². The van der Waals surface area contributed by atoms with Gasteiger partial charge in [0.1, 0.15) is 5.69 Å². The molecular formula is C18H14ClF2N3O. The Balaban J connectivity index is 2.00.